The Labute approximate surface area is 119 Å². The van der Waals surface area contributed by atoms with E-state index < -0.39 is 6.04 Å². The van der Waals surface area contributed by atoms with Crippen molar-refractivity contribution in [2.45, 2.75) is 32.9 Å². The van der Waals surface area contributed by atoms with Crippen LogP contribution >= 0.6 is 0 Å². The molecule has 1 aromatic rings. The summed E-state index contributed by atoms with van der Waals surface area (Å²) in [5.41, 5.74) is 1.74. The number of anilines is 1. The number of nitrogens with one attached hydrogen (secondary N) is 2. The first kappa shape index (κ1) is 14.4. The number of hydrogen-bond acceptors (Lipinski definition) is 2. The predicted molar refractivity (Wildman–Crippen MR) is 78.3 cm³/mol. The van der Waals surface area contributed by atoms with Crippen molar-refractivity contribution < 1.29 is 9.59 Å². The molecule has 1 aliphatic rings. The SMILES string of the molecule is CCC(C)[C@H]1C(=O)Nc2ccccc2CN1C(=O)NC. The van der Waals surface area contributed by atoms with Crippen LogP contribution in [0.3, 0.4) is 0 Å². The van der Waals surface area contributed by atoms with Gasteiger partial charge in [-0.15, -0.1) is 0 Å². The third-order valence-corrected chi connectivity index (χ3v) is 3.88. The zero-order valence-electron chi connectivity index (χ0n) is 12.1. The lowest BCUT2D eigenvalue weighted by Gasteiger charge is -2.31. The fourth-order valence-electron chi connectivity index (χ4n) is 2.54. The van der Waals surface area contributed by atoms with Crippen molar-refractivity contribution in [3.63, 3.8) is 0 Å². The third kappa shape index (κ3) is 2.61. The fraction of sp³-hybridized carbons (Fsp3) is 0.467. The number of para-hydroxylation sites is 1. The summed E-state index contributed by atoms with van der Waals surface area (Å²) in [5, 5.41) is 5.57. The molecule has 1 unspecified atom stereocenters. The van der Waals surface area contributed by atoms with E-state index in [1.807, 2.05) is 38.1 Å². The predicted octanol–water partition coefficient (Wildman–Crippen LogP) is 2.19. The van der Waals surface area contributed by atoms with Crippen molar-refractivity contribution in [1.29, 1.82) is 0 Å². The molecule has 1 aliphatic heterocycles. The minimum Gasteiger partial charge on any atom is -0.341 e. The Morgan fingerprint density at radius 3 is 2.85 bits per heavy atom. The molecule has 0 radical (unpaired) electrons. The maximum atomic E-state index is 12.5. The van der Waals surface area contributed by atoms with Gasteiger partial charge in [0.15, 0.2) is 0 Å². The number of carbonyl (C=O) groups is 2. The number of urea groups is 1. The number of amides is 3. The molecular weight excluding hydrogens is 254 g/mol. The molecule has 0 aromatic heterocycles. The van der Waals surface area contributed by atoms with Gasteiger partial charge in [0.05, 0.1) is 6.54 Å². The molecule has 2 N–H and O–H groups in total. The van der Waals surface area contributed by atoms with Crippen LogP contribution in [-0.2, 0) is 11.3 Å². The lowest BCUT2D eigenvalue weighted by Crippen LogP contribution is -2.51. The van der Waals surface area contributed by atoms with Gasteiger partial charge in [-0.3, -0.25) is 4.79 Å². The van der Waals surface area contributed by atoms with Gasteiger partial charge in [0.1, 0.15) is 6.04 Å². The Kier molecular flexibility index (Phi) is 4.27. The van der Waals surface area contributed by atoms with Gasteiger partial charge < -0.3 is 15.5 Å². The summed E-state index contributed by atoms with van der Waals surface area (Å²) in [6.07, 6.45) is 0.835. The van der Waals surface area contributed by atoms with Crippen LogP contribution in [0.2, 0.25) is 0 Å². The van der Waals surface area contributed by atoms with E-state index in [0.29, 0.717) is 6.54 Å². The van der Waals surface area contributed by atoms with E-state index in [0.717, 1.165) is 17.7 Å². The largest absolute Gasteiger partial charge is 0.341 e. The minimum atomic E-state index is -0.452. The van der Waals surface area contributed by atoms with Crippen molar-refractivity contribution in [3.05, 3.63) is 29.8 Å². The Hall–Kier alpha value is -2.04. The number of carbonyl (C=O) groups excluding carboxylic acids is 2. The average molecular weight is 275 g/mol. The molecule has 0 spiro atoms. The van der Waals surface area contributed by atoms with Crippen LogP contribution in [0.1, 0.15) is 25.8 Å². The maximum absolute atomic E-state index is 12.5. The van der Waals surface area contributed by atoms with E-state index in [1.54, 1.807) is 11.9 Å². The summed E-state index contributed by atoms with van der Waals surface area (Å²) in [4.78, 5) is 26.2. The number of nitrogens with zero attached hydrogens (tertiary/aromatic N) is 1. The number of fused-ring (bicyclic) bond motifs is 1. The standard InChI is InChI=1S/C15H21N3O2/c1-4-10(2)13-14(19)17-12-8-6-5-7-11(12)9-18(13)15(20)16-3/h5-8,10,13H,4,9H2,1-3H3,(H,16,20)(H,17,19)/t10?,13-/m0/s1. The van der Waals surface area contributed by atoms with Crippen molar-refractivity contribution in [3.8, 4) is 0 Å². The molecule has 0 fully saturated rings. The van der Waals surface area contributed by atoms with Crippen LogP contribution in [0.4, 0.5) is 10.5 Å². The highest BCUT2D eigenvalue weighted by Gasteiger charge is 2.36. The number of benzene rings is 1. The molecule has 5 heteroatoms. The quantitative estimate of drug-likeness (QED) is 0.869. The Morgan fingerprint density at radius 1 is 1.50 bits per heavy atom. The normalized spacial score (nSPS) is 19.6. The van der Waals surface area contributed by atoms with Gasteiger partial charge in [-0.2, -0.15) is 0 Å². The summed E-state index contributed by atoms with van der Waals surface area (Å²) in [7, 11) is 1.59. The van der Waals surface area contributed by atoms with E-state index >= 15 is 0 Å². The number of rotatable bonds is 2. The maximum Gasteiger partial charge on any atom is 0.318 e. The molecule has 3 amide bonds. The van der Waals surface area contributed by atoms with Crippen LogP contribution in [0.15, 0.2) is 24.3 Å². The topological polar surface area (TPSA) is 61.4 Å². The molecule has 1 heterocycles. The first-order valence-corrected chi connectivity index (χ1v) is 6.95. The smallest absolute Gasteiger partial charge is 0.318 e. The van der Waals surface area contributed by atoms with E-state index in [4.69, 9.17) is 0 Å². The van der Waals surface area contributed by atoms with Crippen molar-refractivity contribution in [2.75, 3.05) is 12.4 Å². The fourth-order valence-corrected chi connectivity index (χ4v) is 2.54. The highest BCUT2D eigenvalue weighted by Crippen LogP contribution is 2.26. The summed E-state index contributed by atoms with van der Waals surface area (Å²) in [6, 6.07) is 6.93. The van der Waals surface area contributed by atoms with Crippen LogP contribution in [0.25, 0.3) is 0 Å². The van der Waals surface area contributed by atoms with Crippen LogP contribution < -0.4 is 10.6 Å². The molecule has 0 saturated heterocycles. The van der Waals surface area contributed by atoms with Gasteiger partial charge in [-0.1, -0.05) is 38.5 Å². The van der Waals surface area contributed by atoms with E-state index in [-0.39, 0.29) is 17.9 Å². The Morgan fingerprint density at radius 2 is 2.20 bits per heavy atom. The summed E-state index contributed by atoms with van der Waals surface area (Å²) >= 11 is 0. The highest BCUT2D eigenvalue weighted by atomic mass is 16.2. The molecule has 1 aromatic carbocycles. The van der Waals surface area contributed by atoms with Gasteiger partial charge in [0.25, 0.3) is 0 Å². The van der Waals surface area contributed by atoms with Gasteiger partial charge in [0.2, 0.25) is 5.91 Å². The second-order valence-corrected chi connectivity index (χ2v) is 5.16. The van der Waals surface area contributed by atoms with Crippen molar-refractivity contribution >= 4 is 17.6 Å². The molecule has 0 bridgehead atoms. The molecule has 5 nitrogen and oxygen atoms in total. The zero-order valence-corrected chi connectivity index (χ0v) is 12.1. The molecule has 0 saturated carbocycles. The number of hydrogen-bond donors (Lipinski definition) is 2. The lowest BCUT2D eigenvalue weighted by molar-refractivity contribution is -0.121. The zero-order chi connectivity index (χ0) is 14.7. The molecule has 108 valence electrons. The van der Waals surface area contributed by atoms with Crippen molar-refractivity contribution in [1.82, 2.24) is 10.2 Å². The summed E-state index contributed by atoms with van der Waals surface area (Å²) < 4.78 is 0. The molecule has 20 heavy (non-hydrogen) atoms. The third-order valence-electron chi connectivity index (χ3n) is 3.88. The first-order chi connectivity index (χ1) is 9.58. The van der Waals surface area contributed by atoms with E-state index in [9.17, 15) is 9.59 Å². The van der Waals surface area contributed by atoms with E-state index in [1.165, 1.54) is 0 Å². The average Bonchev–Trinajstić information content (AvgIpc) is 2.61. The van der Waals surface area contributed by atoms with Gasteiger partial charge in [-0.25, -0.2) is 4.79 Å². The monoisotopic (exact) mass is 275 g/mol. The summed E-state index contributed by atoms with van der Waals surface area (Å²) in [5.74, 6) is -0.0190. The highest BCUT2D eigenvalue weighted by molar-refractivity contribution is 5.98. The second kappa shape index (κ2) is 5.94. The first-order valence-electron chi connectivity index (χ1n) is 6.95. The lowest BCUT2D eigenvalue weighted by atomic mass is 9.97. The second-order valence-electron chi connectivity index (χ2n) is 5.16. The molecule has 2 atom stereocenters. The van der Waals surface area contributed by atoms with E-state index in [2.05, 4.69) is 10.6 Å². The Bertz CT molecular complexity index is 516. The minimum absolute atomic E-state index is 0.0987. The van der Waals surface area contributed by atoms with Crippen LogP contribution in [-0.4, -0.2) is 29.9 Å². The molecule has 0 aliphatic carbocycles. The molecule has 2 rings (SSSR count). The van der Waals surface area contributed by atoms with Gasteiger partial charge in [0, 0.05) is 12.7 Å². The van der Waals surface area contributed by atoms with Gasteiger partial charge >= 0.3 is 6.03 Å². The van der Waals surface area contributed by atoms with Crippen molar-refractivity contribution in [2.24, 2.45) is 5.92 Å². The van der Waals surface area contributed by atoms with Crippen LogP contribution in [0, 0.1) is 5.92 Å². The van der Waals surface area contributed by atoms with Crippen LogP contribution in [0.5, 0.6) is 0 Å². The Balaban J connectivity index is 2.42. The van der Waals surface area contributed by atoms with Gasteiger partial charge in [-0.05, 0) is 17.5 Å². The summed E-state index contributed by atoms with van der Waals surface area (Å²) in [6.45, 7) is 4.46. The molecular formula is C15H21N3O2.